The summed E-state index contributed by atoms with van der Waals surface area (Å²) >= 11 is 0. The van der Waals surface area contributed by atoms with Crippen LogP contribution in [0.4, 0.5) is 11.4 Å². The van der Waals surface area contributed by atoms with E-state index in [1.54, 1.807) is 0 Å². The number of carbonyl (C=O) groups excluding carboxylic acids is 1. The van der Waals surface area contributed by atoms with E-state index in [2.05, 4.69) is 37.2 Å². The van der Waals surface area contributed by atoms with Crippen molar-refractivity contribution in [3.05, 3.63) is 24.3 Å². The summed E-state index contributed by atoms with van der Waals surface area (Å²) in [7, 11) is 2.07. The van der Waals surface area contributed by atoms with E-state index < -0.39 is 0 Å². The van der Waals surface area contributed by atoms with Crippen molar-refractivity contribution in [2.75, 3.05) is 36.5 Å². The third kappa shape index (κ3) is 3.07. The monoisotopic (exact) mass is 261 g/mol. The number of carbonyl (C=O) groups is 1. The molecule has 0 fully saturated rings. The van der Waals surface area contributed by atoms with Crippen molar-refractivity contribution in [1.29, 1.82) is 0 Å². The molecule has 1 aliphatic rings. The number of amides is 1. The van der Waals surface area contributed by atoms with E-state index >= 15 is 0 Å². The molecule has 0 spiro atoms. The largest absolute Gasteiger partial charge is 0.371 e. The molecule has 0 aliphatic carbocycles. The lowest BCUT2D eigenvalue weighted by Crippen LogP contribution is -2.47. The Morgan fingerprint density at radius 3 is 2.68 bits per heavy atom. The predicted octanol–water partition coefficient (Wildman–Crippen LogP) is 1.86. The van der Waals surface area contributed by atoms with Crippen molar-refractivity contribution < 1.29 is 4.79 Å². The standard InChI is InChI=1S/C15H23N3O/c1-4-12(2)16-11-15(19)18-10-9-17(3)13-7-5-6-8-14(13)18/h5-8,12,16H,4,9-11H2,1-3H3. The fourth-order valence-corrected chi connectivity index (χ4v) is 2.27. The molecule has 1 heterocycles. The summed E-state index contributed by atoms with van der Waals surface area (Å²) in [6.07, 6.45) is 1.03. The summed E-state index contributed by atoms with van der Waals surface area (Å²) in [6.45, 7) is 6.27. The highest BCUT2D eigenvalue weighted by molar-refractivity contribution is 5.98. The highest BCUT2D eigenvalue weighted by Gasteiger charge is 2.24. The fraction of sp³-hybridized carbons (Fsp3) is 0.533. The zero-order chi connectivity index (χ0) is 13.8. The molecule has 0 aromatic heterocycles. The lowest BCUT2D eigenvalue weighted by Gasteiger charge is -2.35. The number of hydrogen-bond acceptors (Lipinski definition) is 3. The van der Waals surface area contributed by atoms with Crippen LogP contribution in [-0.2, 0) is 4.79 Å². The van der Waals surface area contributed by atoms with E-state index in [4.69, 9.17) is 0 Å². The van der Waals surface area contributed by atoms with E-state index in [0.29, 0.717) is 12.6 Å². The summed E-state index contributed by atoms with van der Waals surface area (Å²) in [4.78, 5) is 16.4. The number of nitrogens with zero attached hydrogens (tertiary/aromatic N) is 2. The first-order chi connectivity index (χ1) is 9.13. The van der Waals surface area contributed by atoms with Crippen LogP contribution >= 0.6 is 0 Å². The maximum atomic E-state index is 12.3. The Bertz CT molecular complexity index is 447. The van der Waals surface area contributed by atoms with Gasteiger partial charge in [0.05, 0.1) is 17.9 Å². The minimum atomic E-state index is 0.154. The van der Waals surface area contributed by atoms with Crippen LogP contribution in [0.3, 0.4) is 0 Å². The van der Waals surface area contributed by atoms with Crippen LogP contribution in [0.25, 0.3) is 0 Å². The number of anilines is 2. The van der Waals surface area contributed by atoms with Crippen molar-refractivity contribution in [2.45, 2.75) is 26.3 Å². The van der Waals surface area contributed by atoms with Crippen molar-refractivity contribution in [2.24, 2.45) is 0 Å². The molecular formula is C15H23N3O. The maximum absolute atomic E-state index is 12.3. The lowest BCUT2D eigenvalue weighted by molar-refractivity contribution is -0.117. The van der Waals surface area contributed by atoms with Crippen molar-refractivity contribution in [1.82, 2.24) is 5.32 Å². The molecule has 1 amide bonds. The SMILES string of the molecule is CCC(C)NCC(=O)N1CCN(C)c2ccccc21. The molecule has 1 aliphatic heterocycles. The van der Waals surface area contributed by atoms with Crippen LogP contribution in [0.5, 0.6) is 0 Å². The third-order valence-electron chi connectivity index (χ3n) is 3.76. The van der Waals surface area contributed by atoms with Gasteiger partial charge < -0.3 is 15.1 Å². The summed E-state index contributed by atoms with van der Waals surface area (Å²) in [5.74, 6) is 0.154. The van der Waals surface area contributed by atoms with Gasteiger partial charge >= 0.3 is 0 Å². The van der Waals surface area contributed by atoms with Gasteiger partial charge in [0.15, 0.2) is 0 Å². The quantitative estimate of drug-likeness (QED) is 0.898. The number of nitrogens with one attached hydrogen (secondary N) is 1. The average molecular weight is 261 g/mol. The average Bonchev–Trinajstić information content (AvgIpc) is 2.45. The Labute approximate surface area is 115 Å². The van der Waals surface area contributed by atoms with E-state index in [1.165, 1.54) is 0 Å². The molecule has 1 aromatic rings. The summed E-state index contributed by atoms with van der Waals surface area (Å²) in [5.41, 5.74) is 2.15. The number of benzene rings is 1. The number of fused-ring (bicyclic) bond motifs is 1. The van der Waals surface area contributed by atoms with Gasteiger partial charge in [-0.25, -0.2) is 0 Å². The molecule has 1 unspecified atom stereocenters. The first kappa shape index (κ1) is 13.9. The Morgan fingerprint density at radius 1 is 1.32 bits per heavy atom. The molecule has 104 valence electrons. The van der Waals surface area contributed by atoms with Gasteiger partial charge in [0, 0.05) is 26.2 Å². The van der Waals surface area contributed by atoms with Gasteiger partial charge in [-0.1, -0.05) is 19.1 Å². The molecule has 1 N–H and O–H groups in total. The smallest absolute Gasteiger partial charge is 0.241 e. The van der Waals surface area contributed by atoms with Gasteiger partial charge in [-0.3, -0.25) is 4.79 Å². The number of para-hydroxylation sites is 2. The van der Waals surface area contributed by atoms with Crippen LogP contribution in [0, 0.1) is 0 Å². The van der Waals surface area contributed by atoms with Gasteiger partial charge in [0.1, 0.15) is 0 Å². The van der Waals surface area contributed by atoms with E-state index in [9.17, 15) is 4.79 Å². The summed E-state index contributed by atoms with van der Waals surface area (Å²) in [5, 5.41) is 3.27. The molecule has 4 heteroatoms. The van der Waals surface area contributed by atoms with Crippen molar-refractivity contribution in [3.63, 3.8) is 0 Å². The second kappa shape index (κ2) is 6.06. The molecule has 19 heavy (non-hydrogen) atoms. The first-order valence-corrected chi connectivity index (χ1v) is 6.97. The summed E-state index contributed by atoms with van der Waals surface area (Å²) < 4.78 is 0. The third-order valence-corrected chi connectivity index (χ3v) is 3.76. The Kier molecular flexibility index (Phi) is 4.43. The van der Waals surface area contributed by atoms with Crippen LogP contribution in [0.2, 0.25) is 0 Å². The summed E-state index contributed by atoms with van der Waals surface area (Å²) in [6, 6.07) is 8.47. The van der Waals surface area contributed by atoms with Crippen LogP contribution < -0.4 is 15.1 Å². The molecule has 0 radical (unpaired) electrons. The van der Waals surface area contributed by atoms with E-state index in [-0.39, 0.29) is 5.91 Å². The lowest BCUT2D eigenvalue weighted by atomic mass is 10.1. The Hall–Kier alpha value is -1.55. The molecule has 1 atom stereocenters. The molecule has 0 saturated heterocycles. The predicted molar refractivity (Wildman–Crippen MR) is 79.8 cm³/mol. The van der Waals surface area contributed by atoms with Crippen LogP contribution in [0.15, 0.2) is 24.3 Å². The van der Waals surface area contributed by atoms with Gasteiger partial charge in [-0.2, -0.15) is 0 Å². The zero-order valence-electron chi connectivity index (χ0n) is 12.0. The number of likely N-dealkylation sites (N-methyl/N-ethyl adjacent to an activating group) is 1. The van der Waals surface area contributed by atoms with Gasteiger partial charge in [-0.05, 0) is 25.5 Å². The minimum absolute atomic E-state index is 0.154. The van der Waals surface area contributed by atoms with Gasteiger partial charge in [0.25, 0.3) is 0 Å². The molecular weight excluding hydrogens is 238 g/mol. The van der Waals surface area contributed by atoms with Crippen LogP contribution in [-0.4, -0.2) is 38.6 Å². The van der Waals surface area contributed by atoms with E-state index in [0.717, 1.165) is 30.9 Å². The highest BCUT2D eigenvalue weighted by atomic mass is 16.2. The maximum Gasteiger partial charge on any atom is 0.241 e. The Morgan fingerprint density at radius 2 is 2.00 bits per heavy atom. The second-order valence-electron chi connectivity index (χ2n) is 5.15. The Balaban J connectivity index is 2.09. The number of rotatable bonds is 4. The molecule has 2 rings (SSSR count). The van der Waals surface area contributed by atoms with Gasteiger partial charge in [0.2, 0.25) is 5.91 Å². The second-order valence-corrected chi connectivity index (χ2v) is 5.15. The van der Waals surface area contributed by atoms with E-state index in [1.807, 2.05) is 23.1 Å². The molecule has 0 saturated carbocycles. The highest BCUT2D eigenvalue weighted by Crippen LogP contribution is 2.31. The fourth-order valence-electron chi connectivity index (χ4n) is 2.27. The normalized spacial score (nSPS) is 16.2. The van der Waals surface area contributed by atoms with Gasteiger partial charge in [-0.15, -0.1) is 0 Å². The topological polar surface area (TPSA) is 35.6 Å². The first-order valence-electron chi connectivity index (χ1n) is 6.97. The minimum Gasteiger partial charge on any atom is -0.371 e. The van der Waals surface area contributed by atoms with Crippen molar-refractivity contribution in [3.8, 4) is 0 Å². The number of hydrogen-bond donors (Lipinski definition) is 1. The zero-order valence-corrected chi connectivity index (χ0v) is 12.0. The molecule has 4 nitrogen and oxygen atoms in total. The van der Waals surface area contributed by atoms with Crippen molar-refractivity contribution >= 4 is 17.3 Å². The van der Waals surface area contributed by atoms with Crippen LogP contribution in [0.1, 0.15) is 20.3 Å². The molecule has 1 aromatic carbocycles. The molecule has 0 bridgehead atoms.